The monoisotopic (exact) mass is 312 g/mol. The zero-order valence-corrected chi connectivity index (χ0v) is 10.4. The molecule has 0 amide bonds. The van der Waals surface area contributed by atoms with Gasteiger partial charge in [0.05, 0.1) is 18.6 Å². The molecule has 0 aliphatic rings. The minimum atomic E-state index is -5.21. The average Bonchev–Trinajstić information content (AvgIpc) is 2.31. The number of carbonyl (C=O) groups excluding carboxylic acids is 1. The van der Waals surface area contributed by atoms with Crippen LogP contribution in [-0.4, -0.2) is 28.8 Å². The summed E-state index contributed by atoms with van der Waals surface area (Å²) >= 11 is 0. The third kappa shape index (κ3) is 4.85. The van der Waals surface area contributed by atoms with Crippen molar-refractivity contribution in [1.29, 1.82) is 0 Å². The summed E-state index contributed by atoms with van der Waals surface area (Å²) in [6.45, 7) is 1.43. The maximum Gasteiger partial charge on any atom is 0.573 e. The van der Waals surface area contributed by atoms with E-state index in [0.717, 1.165) is 0 Å². The highest BCUT2D eigenvalue weighted by Gasteiger charge is 2.35. The molecule has 7 nitrogen and oxygen atoms in total. The zero-order chi connectivity index (χ0) is 16.2. The molecule has 1 rings (SSSR count). The molecule has 0 bridgehead atoms. The summed E-state index contributed by atoms with van der Waals surface area (Å²) in [5, 5.41) is 10.7. The van der Waals surface area contributed by atoms with Crippen LogP contribution in [0.15, 0.2) is 6.07 Å². The molecular formula is C10H8F4N2O5. The average molecular weight is 312 g/mol. The first-order valence-electron chi connectivity index (χ1n) is 5.39. The predicted octanol–water partition coefficient (Wildman–Crippen LogP) is 2.13. The number of nitrogens with zero attached hydrogens (tertiary/aromatic N) is 2. The van der Waals surface area contributed by atoms with Crippen LogP contribution < -0.4 is 4.74 Å². The fourth-order valence-corrected chi connectivity index (χ4v) is 1.35. The fourth-order valence-electron chi connectivity index (χ4n) is 1.35. The van der Waals surface area contributed by atoms with E-state index in [1.54, 1.807) is 0 Å². The first kappa shape index (κ1) is 16.6. The van der Waals surface area contributed by atoms with Crippen LogP contribution in [0.4, 0.5) is 23.4 Å². The third-order valence-corrected chi connectivity index (χ3v) is 2.04. The van der Waals surface area contributed by atoms with Gasteiger partial charge in [-0.1, -0.05) is 0 Å². The summed E-state index contributed by atoms with van der Waals surface area (Å²) in [5.41, 5.74) is -0.556. The quantitative estimate of drug-likeness (QED) is 0.272. The molecule has 0 saturated carbocycles. The Hall–Kier alpha value is -2.46. The number of aromatic nitrogens is 1. The number of hydrogen-bond donors (Lipinski definition) is 0. The van der Waals surface area contributed by atoms with E-state index in [1.165, 1.54) is 6.92 Å². The van der Waals surface area contributed by atoms with Crippen LogP contribution in [-0.2, 0) is 16.0 Å². The van der Waals surface area contributed by atoms with Gasteiger partial charge in [-0.15, -0.1) is 13.2 Å². The molecule has 0 saturated heterocycles. The number of hydrogen-bond acceptors (Lipinski definition) is 6. The second kappa shape index (κ2) is 6.33. The van der Waals surface area contributed by atoms with E-state index in [1.807, 2.05) is 0 Å². The van der Waals surface area contributed by atoms with Crippen LogP contribution in [0.3, 0.4) is 0 Å². The lowest BCUT2D eigenvalue weighted by Crippen LogP contribution is -2.19. The molecule has 1 aromatic heterocycles. The van der Waals surface area contributed by atoms with Gasteiger partial charge in [0.2, 0.25) is 5.75 Å². The summed E-state index contributed by atoms with van der Waals surface area (Å²) in [5.74, 6) is -5.21. The van der Waals surface area contributed by atoms with E-state index < -0.39 is 46.8 Å². The lowest BCUT2D eigenvalue weighted by Gasteiger charge is -2.09. The number of halogens is 4. The Morgan fingerprint density at radius 2 is 2.10 bits per heavy atom. The van der Waals surface area contributed by atoms with E-state index >= 15 is 0 Å². The van der Waals surface area contributed by atoms with Crippen LogP contribution in [0.5, 0.6) is 5.75 Å². The number of nitro groups is 1. The topological polar surface area (TPSA) is 91.6 Å². The normalized spacial score (nSPS) is 11.1. The summed E-state index contributed by atoms with van der Waals surface area (Å²) in [6.07, 6.45) is -5.95. The molecule has 1 aromatic rings. The number of carbonyl (C=O) groups is 1. The molecule has 21 heavy (non-hydrogen) atoms. The van der Waals surface area contributed by atoms with Crippen LogP contribution >= 0.6 is 0 Å². The summed E-state index contributed by atoms with van der Waals surface area (Å²) < 4.78 is 57.3. The first-order chi connectivity index (χ1) is 9.64. The minimum Gasteiger partial charge on any atom is -0.466 e. The summed E-state index contributed by atoms with van der Waals surface area (Å²) in [6, 6.07) is 0.394. The minimum absolute atomic E-state index is 0.0346. The highest BCUT2D eigenvalue weighted by atomic mass is 19.4. The number of alkyl halides is 3. The molecule has 0 atom stereocenters. The fraction of sp³-hybridized carbons (Fsp3) is 0.400. The second-order valence-electron chi connectivity index (χ2n) is 3.55. The van der Waals surface area contributed by atoms with Gasteiger partial charge in [-0.05, 0) is 16.8 Å². The molecule has 0 unspecified atom stereocenters. The Bertz CT molecular complexity index is 561. The third-order valence-electron chi connectivity index (χ3n) is 2.04. The molecule has 0 spiro atoms. The van der Waals surface area contributed by atoms with Crippen molar-refractivity contribution in [2.75, 3.05) is 6.61 Å². The molecule has 0 aromatic carbocycles. The van der Waals surface area contributed by atoms with Crippen molar-refractivity contribution in [2.24, 2.45) is 0 Å². The van der Waals surface area contributed by atoms with Gasteiger partial charge >= 0.3 is 24.1 Å². The van der Waals surface area contributed by atoms with Crippen molar-refractivity contribution in [2.45, 2.75) is 19.7 Å². The van der Waals surface area contributed by atoms with Crippen molar-refractivity contribution in [3.8, 4) is 5.75 Å². The Morgan fingerprint density at radius 3 is 2.57 bits per heavy atom. The van der Waals surface area contributed by atoms with E-state index in [9.17, 15) is 32.5 Å². The number of esters is 1. The lowest BCUT2D eigenvalue weighted by atomic mass is 10.2. The smallest absolute Gasteiger partial charge is 0.466 e. The van der Waals surface area contributed by atoms with E-state index in [2.05, 4.69) is 14.5 Å². The van der Waals surface area contributed by atoms with Crippen LogP contribution in [0.2, 0.25) is 0 Å². The number of ether oxygens (including phenoxy) is 2. The first-order valence-corrected chi connectivity index (χ1v) is 5.39. The highest BCUT2D eigenvalue weighted by Crippen LogP contribution is 2.29. The molecule has 116 valence electrons. The molecule has 0 fully saturated rings. The van der Waals surface area contributed by atoms with Gasteiger partial charge in [0, 0.05) is 6.07 Å². The molecular weight excluding hydrogens is 304 g/mol. The maximum atomic E-state index is 13.2. The maximum absolute atomic E-state index is 13.2. The van der Waals surface area contributed by atoms with Crippen molar-refractivity contribution in [3.63, 3.8) is 0 Å². The Balaban J connectivity index is 3.21. The van der Waals surface area contributed by atoms with E-state index in [0.29, 0.717) is 6.07 Å². The van der Waals surface area contributed by atoms with Gasteiger partial charge in [-0.25, -0.2) is 0 Å². The standard InChI is InChI=1S/C10H8F4N2O5/c1-2-20-7(17)4-5-3-6(21-10(12,13)14)8(11)15-9(5)16(18)19/h3H,2,4H2,1H3. The molecule has 0 N–H and O–H groups in total. The summed E-state index contributed by atoms with van der Waals surface area (Å²) in [7, 11) is 0. The van der Waals surface area contributed by atoms with Crippen LogP contribution in [0.1, 0.15) is 12.5 Å². The molecule has 0 aliphatic carbocycles. The number of rotatable bonds is 5. The van der Waals surface area contributed by atoms with Gasteiger partial charge in [0.25, 0.3) is 0 Å². The largest absolute Gasteiger partial charge is 0.573 e. The highest BCUT2D eigenvalue weighted by molar-refractivity contribution is 5.74. The van der Waals surface area contributed by atoms with Crippen LogP contribution in [0, 0.1) is 16.1 Å². The van der Waals surface area contributed by atoms with Crippen molar-refractivity contribution in [1.82, 2.24) is 4.98 Å². The van der Waals surface area contributed by atoms with Crippen LogP contribution in [0.25, 0.3) is 0 Å². The molecule has 11 heteroatoms. The van der Waals surface area contributed by atoms with E-state index in [4.69, 9.17) is 0 Å². The molecule has 0 aliphatic heterocycles. The Morgan fingerprint density at radius 1 is 1.48 bits per heavy atom. The van der Waals surface area contributed by atoms with Gasteiger partial charge in [0.15, 0.2) is 0 Å². The predicted molar refractivity (Wildman–Crippen MR) is 57.9 cm³/mol. The van der Waals surface area contributed by atoms with Crippen molar-refractivity contribution < 1.29 is 36.8 Å². The Labute approximate surface area is 114 Å². The van der Waals surface area contributed by atoms with Crippen molar-refractivity contribution >= 4 is 11.8 Å². The Kier molecular flexibility index (Phi) is 5.00. The van der Waals surface area contributed by atoms with Gasteiger partial charge in [-0.2, -0.15) is 4.39 Å². The SMILES string of the molecule is CCOC(=O)Cc1cc(OC(F)(F)F)c(F)nc1[N+](=O)[O-]. The van der Waals surface area contributed by atoms with Crippen molar-refractivity contribution in [3.05, 3.63) is 27.7 Å². The van der Waals surface area contributed by atoms with Gasteiger partial charge in [0.1, 0.15) is 0 Å². The summed E-state index contributed by atoms with van der Waals surface area (Å²) in [4.78, 5) is 23.6. The van der Waals surface area contributed by atoms with Gasteiger partial charge < -0.3 is 19.6 Å². The second-order valence-corrected chi connectivity index (χ2v) is 3.55. The molecule has 1 heterocycles. The zero-order valence-electron chi connectivity index (χ0n) is 10.4. The lowest BCUT2D eigenvalue weighted by molar-refractivity contribution is -0.390. The van der Waals surface area contributed by atoms with Gasteiger partial charge in [-0.3, -0.25) is 4.79 Å². The van der Waals surface area contributed by atoms with E-state index in [-0.39, 0.29) is 6.61 Å². The number of pyridine rings is 1. The molecule has 0 radical (unpaired) electrons.